The molecule has 1 heterocycles. The molecule has 28 heavy (non-hydrogen) atoms. The number of nitrogens with zero attached hydrogens (tertiary/aromatic N) is 1. The Kier molecular flexibility index (Phi) is 4.70. The molecule has 0 fully saturated rings. The molecule has 0 aliphatic carbocycles. The number of anilines is 1. The van der Waals surface area contributed by atoms with Crippen molar-refractivity contribution in [2.24, 2.45) is 0 Å². The van der Waals surface area contributed by atoms with Gasteiger partial charge in [0.1, 0.15) is 16.5 Å². The van der Waals surface area contributed by atoms with Crippen LogP contribution in [0.3, 0.4) is 0 Å². The summed E-state index contributed by atoms with van der Waals surface area (Å²) in [7, 11) is -4.05. The van der Waals surface area contributed by atoms with Crippen LogP contribution in [0.25, 0.3) is 11.0 Å². The normalized spacial score (nSPS) is 11.5. The Morgan fingerprint density at radius 1 is 1.00 bits per heavy atom. The Hall–Kier alpha value is -3.39. The third-order valence-corrected chi connectivity index (χ3v) is 5.33. The molecule has 8 heteroatoms. The van der Waals surface area contributed by atoms with Gasteiger partial charge in [-0.1, -0.05) is 30.3 Å². The number of nitrogens with one attached hydrogen (secondary N) is 2. The van der Waals surface area contributed by atoms with Crippen LogP contribution in [-0.2, 0) is 16.7 Å². The summed E-state index contributed by atoms with van der Waals surface area (Å²) >= 11 is 0. The van der Waals surface area contributed by atoms with Crippen LogP contribution < -0.4 is 9.50 Å². The summed E-state index contributed by atoms with van der Waals surface area (Å²) in [5.74, 6) is 0.181. The number of hydrogen-bond donors (Lipinski definition) is 2. The van der Waals surface area contributed by atoms with Crippen LogP contribution in [-0.4, -0.2) is 18.4 Å². The maximum Gasteiger partial charge on any atom is 0.339 e. The Labute approximate surface area is 161 Å². The lowest BCUT2D eigenvalue weighted by Gasteiger charge is -2.06. The van der Waals surface area contributed by atoms with Gasteiger partial charge in [-0.15, -0.1) is 0 Å². The molecule has 0 radical (unpaired) electrons. The highest BCUT2D eigenvalue weighted by Crippen LogP contribution is 2.24. The number of H-pyrrole nitrogens is 1. The topological polar surface area (TPSA) is 84.1 Å². The van der Waals surface area contributed by atoms with E-state index in [9.17, 15) is 12.8 Å². The minimum Gasteiger partial charge on any atom is -0.379 e. The highest BCUT2D eigenvalue weighted by Gasteiger charge is 2.17. The maximum atomic E-state index is 13.0. The van der Waals surface area contributed by atoms with Gasteiger partial charge >= 0.3 is 10.1 Å². The third-order valence-electron chi connectivity index (χ3n) is 4.06. The molecule has 142 valence electrons. The molecular weight excluding hydrogens is 381 g/mol. The lowest BCUT2D eigenvalue weighted by molar-refractivity contribution is 0.486. The smallest absolute Gasteiger partial charge is 0.339 e. The fourth-order valence-corrected chi connectivity index (χ4v) is 3.60. The zero-order valence-electron chi connectivity index (χ0n) is 14.6. The first kappa shape index (κ1) is 18.0. The summed E-state index contributed by atoms with van der Waals surface area (Å²) in [6.45, 7) is 0.600. The second kappa shape index (κ2) is 7.32. The summed E-state index contributed by atoms with van der Waals surface area (Å²) < 4.78 is 42.8. The van der Waals surface area contributed by atoms with E-state index in [2.05, 4.69) is 15.3 Å². The van der Waals surface area contributed by atoms with Crippen LogP contribution in [0.1, 0.15) is 5.56 Å². The molecule has 0 atom stereocenters. The van der Waals surface area contributed by atoms with E-state index in [1.54, 1.807) is 12.1 Å². The summed E-state index contributed by atoms with van der Waals surface area (Å²) in [6.07, 6.45) is 0. The van der Waals surface area contributed by atoms with Crippen molar-refractivity contribution in [3.05, 3.63) is 84.2 Å². The van der Waals surface area contributed by atoms with Crippen molar-refractivity contribution >= 4 is 27.1 Å². The van der Waals surface area contributed by atoms with Crippen molar-refractivity contribution in [2.75, 3.05) is 5.32 Å². The van der Waals surface area contributed by atoms with Crippen LogP contribution in [0.5, 0.6) is 5.75 Å². The number of halogens is 1. The maximum absolute atomic E-state index is 13.0. The molecule has 2 N–H and O–H groups in total. The number of aromatic nitrogens is 2. The molecule has 0 unspecified atom stereocenters. The Bertz CT molecular complexity index is 1210. The van der Waals surface area contributed by atoms with Crippen LogP contribution in [0.2, 0.25) is 0 Å². The van der Waals surface area contributed by atoms with Crippen LogP contribution in [0.4, 0.5) is 10.3 Å². The number of fused-ring (bicyclic) bond motifs is 1. The summed E-state index contributed by atoms with van der Waals surface area (Å²) in [4.78, 5) is 7.39. The molecule has 0 amide bonds. The molecule has 4 rings (SSSR count). The first-order chi connectivity index (χ1) is 13.5. The Balaban J connectivity index is 1.52. The predicted octanol–water partition coefficient (Wildman–Crippen LogP) is 4.08. The van der Waals surface area contributed by atoms with Gasteiger partial charge in [0.2, 0.25) is 5.95 Å². The molecule has 3 aromatic carbocycles. The number of imidazole rings is 1. The van der Waals surface area contributed by atoms with E-state index in [4.69, 9.17) is 4.18 Å². The van der Waals surface area contributed by atoms with Gasteiger partial charge in [-0.25, -0.2) is 9.37 Å². The highest BCUT2D eigenvalue weighted by atomic mass is 32.2. The molecule has 0 spiro atoms. The molecule has 6 nitrogen and oxygen atoms in total. The first-order valence-corrected chi connectivity index (χ1v) is 9.88. The van der Waals surface area contributed by atoms with Crippen molar-refractivity contribution in [3.8, 4) is 5.75 Å². The van der Waals surface area contributed by atoms with E-state index in [1.165, 1.54) is 6.07 Å². The summed E-state index contributed by atoms with van der Waals surface area (Å²) in [5, 5.41) is 3.19. The highest BCUT2D eigenvalue weighted by molar-refractivity contribution is 7.87. The van der Waals surface area contributed by atoms with Gasteiger partial charge < -0.3 is 14.5 Å². The van der Waals surface area contributed by atoms with E-state index in [0.717, 1.165) is 29.8 Å². The number of hydrogen-bond acceptors (Lipinski definition) is 5. The summed E-state index contributed by atoms with van der Waals surface area (Å²) in [5.41, 5.74) is 2.40. The molecule has 1 aromatic heterocycles. The Morgan fingerprint density at radius 3 is 2.50 bits per heavy atom. The second-order valence-corrected chi connectivity index (χ2v) is 7.64. The molecule has 0 bridgehead atoms. The van der Waals surface area contributed by atoms with Crippen LogP contribution in [0.15, 0.2) is 77.7 Å². The van der Waals surface area contributed by atoms with Gasteiger partial charge in [0.15, 0.2) is 0 Å². The van der Waals surface area contributed by atoms with E-state index in [1.807, 2.05) is 30.3 Å². The second-order valence-electron chi connectivity index (χ2n) is 6.09. The molecular formula is C20H16FN3O3S. The predicted molar refractivity (Wildman–Crippen MR) is 104 cm³/mol. The van der Waals surface area contributed by atoms with Crippen molar-refractivity contribution in [1.29, 1.82) is 0 Å². The molecule has 0 saturated heterocycles. The number of rotatable bonds is 6. The number of benzene rings is 3. The Morgan fingerprint density at radius 2 is 1.75 bits per heavy atom. The largest absolute Gasteiger partial charge is 0.379 e. The quantitative estimate of drug-likeness (QED) is 0.479. The third kappa shape index (κ3) is 3.96. The van der Waals surface area contributed by atoms with Gasteiger partial charge in [-0.2, -0.15) is 8.42 Å². The minimum absolute atomic E-state index is 0.121. The zero-order valence-corrected chi connectivity index (χ0v) is 15.4. The molecule has 4 aromatic rings. The fourth-order valence-electron chi connectivity index (χ4n) is 2.68. The van der Waals surface area contributed by atoms with Gasteiger partial charge in [-0.3, -0.25) is 0 Å². The van der Waals surface area contributed by atoms with Gasteiger partial charge in [0.05, 0.1) is 11.0 Å². The van der Waals surface area contributed by atoms with Crippen LogP contribution in [0, 0.1) is 5.82 Å². The number of aromatic amines is 1. The van der Waals surface area contributed by atoms with E-state index in [-0.39, 0.29) is 10.6 Å². The van der Waals surface area contributed by atoms with Crippen LogP contribution >= 0.6 is 0 Å². The minimum atomic E-state index is -4.05. The van der Waals surface area contributed by atoms with Crippen molar-refractivity contribution in [1.82, 2.24) is 9.97 Å². The van der Waals surface area contributed by atoms with Gasteiger partial charge in [0, 0.05) is 12.6 Å². The van der Waals surface area contributed by atoms with E-state index < -0.39 is 15.9 Å². The molecule has 0 aliphatic rings. The van der Waals surface area contributed by atoms with E-state index in [0.29, 0.717) is 23.5 Å². The van der Waals surface area contributed by atoms with Crippen molar-refractivity contribution in [3.63, 3.8) is 0 Å². The molecule has 0 aliphatic heterocycles. The monoisotopic (exact) mass is 397 g/mol. The first-order valence-electron chi connectivity index (χ1n) is 8.47. The molecule has 0 saturated carbocycles. The average Bonchev–Trinajstić information content (AvgIpc) is 3.09. The fraction of sp³-hybridized carbons (Fsp3) is 0.0500. The van der Waals surface area contributed by atoms with Crippen molar-refractivity contribution in [2.45, 2.75) is 11.4 Å². The zero-order chi connectivity index (χ0) is 19.6. The standard InChI is InChI=1S/C20H16FN3O3S/c21-15-6-9-17(10-7-15)28(25,26)27-16-8-11-18-19(12-16)24-20(23-18)22-13-14-4-2-1-3-5-14/h1-12H,13H2,(H2,22,23,24). The van der Waals surface area contributed by atoms with Gasteiger partial charge in [-0.05, 0) is 42.0 Å². The SMILES string of the molecule is O=S(=O)(Oc1ccc2nc(NCc3ccccc3)[nH]c2c1)c1ccc(F)cc1. The summed E-state index contributed by atoms with van der Waals surface area (Å²) in [6, 6.07) is 19.1. The van der Waals surface area contributed by atoms with E-state index >= 15 is 0 Å². The van der Waals surface area contributed by atoms with Gasteiger partial charge in [0.25, 0.3) is 0 Å². The lowest BCUT2D eigenvalue weighted by atomic mass is 10.2. The lowest BCUT2D eigenvalue weighted by Crippen LogP contribution is -2.09. The average molecular weight is 397 g/mol. The van der Waals surface area contributed by atoms with Crippen molar-refractivity contribution < 1.29 is 17.0 Å².